The smallest absolute Gasteiger partial charge is 0.414 e. The molecule has 6 bridgehead atoms. The van der Waals surface area contributed by atoms with Crippen LogP contribution < -0.4 is 0 Å². The highest BCUT2D eigenvalue weighted by molar-refractivity contribution is 6.98. The molecule has 0 aliphatic carbocycles. The predicted molar refractivity (Wildman–Crippen MR) is 209 cm³/mol. The molecule has 0 amide bonds. The summed E-state index contributed by atoms with van der Waals surface area (Å²) in [6, 6.07) is 0. The molecule has 0 spiro atoms. The molecule has 4 aliphatic rings. The van der Waals surface area contributed by atoms with Gasteiger partial charge in [0, 0.05) is 0 Å². The summed E-state index contributed by atoms with van der Waals surface area (Å²) in [5.74, 6) is 0. The van der Waals surface area contributed by atoms with Crippen molar-refractivity contribution in [2.45, 2.75) is 105 Å². The lowest BCUT2D eigenvalue weighted by atomic mass is 11.9. The van der Waals surface area contributed by atoms with Gasteiger partial charge >= 0.3 is 72.9 Å². The van der Waals surface area contributed by atoms with Crippen molar-refractivity contribution in [1.29, 1.82) is 0 Å². The quantitative estimate of drug-likeness (QED) is 0.218. The lowest BCUT2D eigenvalue weighted by Crippen LogP contribution is -2.87. The minimum Gasteiger partial charge on any atom is -0.414 e. The van der Waals surface area contributed by atoms with Gasteiger partial charge in [0.1, 0.15) is 0 Å². The van der Waals surface area contributed by atoms with Crippen molar-refractivity contribution in [2.24, 2.45) is 0 Å². The van der Waals surface area contributed by atoms with Crippen LogP contribution in [0.1, 0.15) is 0 Å². The summed E-state index contributed by atoms with van der Waals surface area (Å²) < 4.78 is 127. The summed E-state index contributed by atoms with van der Waals surface area (Å²) in [4.78, 5) is 12.5. The molecule has 4 saturated heterocycles. The number of rotatable bonds is 16. The first-order valence-corrected chi connectivity index (χ1v) is 47.9. The first-order chi connectivity index (χ1) is 23.8. The molecule has 1 N–H and O–H groups in total. The van der Waals surface area contributed by atoms with Gasteiger partial charge in [-0.1, -0.05) is 0 Å². The Hall–Kier alpha value is 2.67. The van der Waals surface area contributed by atoms with E-state index in [2.05, 4.69) is 0 Å². The Kier molecular flexibility index (Phi) is 16.5. The fraction of sp³-hybridized carbons (Fsp3) is 1.00. The lowest BCUT2D eigenvalue weighted by molar-refractivity contribution is -0.0982. The van der Waals surface area contributed by atoms with E-state index in [9.17, 15) is 4.80 Å². The van der Waals surface area contributed by atoms with E-state index >= 15 is 0 Å². The minimum atomic E-state index is -5.05. The highest BCUT2D eigenvalue weighted by Gasteiger charge is 2.86. The molecule has 0 aromatic heterocycles. The average molecular weight is 1010 g/mol. The summed E-state index contributed by atoms with van der Waals surface area (Å²) in [5.41, 5.74) is 0. The summed E-state index contributed by atoms with van der Waals surface area (Å²) in [6.07, 6.45) is 0. The van der Waals surface area contributed by atoms with Gasteiger partial charge in [-0.15, -0.1) is 0 Å². The van der Waals surface area contributed by atoms with Crippen LogP contribution >= 0.6 is 0 Å². The van der Waals surface area contributed by atoms with E-state index in [0.29, 0.717) is 0 Å². The molecular weight excluding hydrogens is 962 g/mol. The molecule has 9 radical (unpaired) electrons. The molecule has 20 nitrogen and oxygen atoms in total. The zero-order valence-electron chi connectivity index (χ0n) is 32.2. The zero-order valence-corrected chi connectivity index (χ0v) is 48.2. The van der Waals surface area contributed by atoms with Gasteiger partial charge in [-0.2, -0.15) is 0 Å². The van der Waals surface area contributed by atoms with Crippen molar-refractivity contribution in [3.63, 3.8) is 0 Å². The first kappa shape index (κ1) is 47.3. The van der Waals surface area contributed by atoms with Gasteiger partial charge in [-0.05, 0) is 105 Å². The van der Waals surface area contributed by atoms with Crippen molar-refractivity contribution in [3.8, 4) is 0 Å². The van der Waals surface area contributed by atoms with E-state index < -0.39 is 145 Å². The molecular formula is C16H49O20Si16. The zero-order chi connectivity index (χ0) is 39.1. The second-order valence-electron chi connectivity index (χ2n) is 13.0. The van der Waals surface area contributed by atoms with E-state index in [1.165, 1.54) is 0 Å². The molecule has 4 rings (SSSR count). The molecule has 4 unspecified atom stereocenters. The molecule has 4 heterocycles. The summed E-state index contributed by atoms with van der Waals surface area (Å²) in [5, 5.41) is 0. The van der Waals surface area contributed by atoms with Crippen molar-refractivity contribution < 1.29 is 83.0 Å². The highest BCUT2D eigenvalue weighted by Crippen LogP contribution is 2.46. The van der Waals surface area contributed by atoms with E-state index in [-0.39, 0.29) is 0 Å². The average Bonchev–Trinajstić information content (AvgIpc) is 2.80. The van der Waals surface area contributed by atoms with Crippen LogP contribution in [0.5, 0.6) is 0 Å². The number of hydrogen-bond acceptors (Lipinski definition) is 20. The Bertz CT molecular complexity index is 1100. The van der Waals surface area contributed by atoms with Crippen LogP contribution in [0.2, 0.25) is 105 Å². The predicted octanol–water partition coefficient (Wildman–Crippen LogP) is 1.39. The van der Waals surface area contributed by atoms with Crippen LogP contribution in [-0.4, -0.2) is 150 Å². The standard InChI is InChI=1S/C16H49O20Si16/c1-37(2)18-45-26-47(20-39(5)6)30-49(22-41(9)10)28-46(17,19-38(3)4)29-50(23-42(11)12)31-48(27-45,21-40(7)8)33-51(32-47,24-43(13)14)36-52(34-49,35-50)25-44(15)16/h17H,1-16H3. The van der Waals surface area contributed by atoms with Gasteiger partial charge in [0.05, 0.1) is 0 Å². The van der Waals surface area contributed by atoms with Gasteiger partial charge in [-0.3, -0.25) is 0 Å². The Morgan fingerprint density at radius 2 is 0.558 bits per heavy atom. The third-order valence-corrected chi connectivity index (χ3v) is 47.4. The van der Waals surface area contributed by atoms with Crippen LogP contribution in [0.3, 0.4) is 0 Å². The maximum Gasteiger partial charge on any atom is 0.654 e. The maximum absolute atomic E-state index is 12.5. The molecule has 4 aliphatic heterocycles. The van der Waals surface area contributed by atoms with E-state index in [1.807, 2.05) is 91.7 Å². The molecule has 0 aromatic rings. The molecule has 297 valence electrons. The van der Waals surface area contributed by atoms with Gasteiger partial charge in [0.2, 0.25) is 0 Å². The second-order valence-corrected chi connectivity index (χ2v) is 50.6. The fourth-order valence-electron chi connectivity index (χ4n) is 4.39. The highest BCUT2D eigenvalue weighted by atomic mass is 28.7. The normalized spacial score (nSPS) is 38.9. The topological polar surface area (TPSA) is 196 Å². The lowest BCUT2D eigenvalue weighted by Gasteiger charge is -2.55. The molecule has 52 heavy (non-hydrogen) atoms. The Morgan fingerprint density at radius 1 is 0.327 bits per heavy atom. The Morgan fingerprint density at radius 3 is 0.808 bits per heavy atom. The van der Waals surface area contributed by atoms with Crippen molar-refractivity contribution in [3.05, 3.63) is 0 Å². The molecule has 0 aromatic carbocycles. The molecule has 0 saturated carbocycles. The third-order valence-electron chi connectivity index (χ3n) is 5.27. The van der Waals surface area contributed by atoms with Crippen LogP contribution in [-0.2, 0) is 78.2 Å². The van der Waals surface area contributed by atoms with Gasteiger partial charge in [0.15, 0.2) is 72.3 Å². The molecule has 36 heteroatoms. The van der Waals surface area contributed by atoms with E-state index in [4.69, 9.17) is 78.2 Å². The van der Waals surface area contributed by atoms with Gasteiger partial charge < -0.3 is 83.0 Å². The Balaban J connectivity index is 2.21. The fourth-order valence-corrected chi connectivity index (χ4v) is 55.3. The Labute approximate surface area is 330 Å². The van der Waals surface area contributed by atoms with Crippen molar-refractivity contribution in [1.82, 2.24) is 0 Å². The van der Waals surface area contributed by atoms with E-state index in [1.54, 1.807) is 13.1 Å². The largest absolute Gasteiger partial charge is 0.654 e. The monoisotopic (exact) mass is 1010 g/mol. The second kappa shape index (κ2) is 18.1. The van der Waals surface area contributed by atoms with Crippen LogP contribution in [0.4, 0.5) is 0 Å². The van der Waals surface area contributed by atoms with Crippen LogP contribution in [0.25, 0.3) is 0 Å². The summed E-state index contributed by atoms with van der Waals surface area (Å²) in [6.45, 7) is 29.5. The van der Waals surface area contributed by atoms with E-state index in [0.717, 1.165) is 0 Å². The first-order valence-electron chi connectivity index (χ1n) is 16.0. The van der Waals surface area contributed by atoms with Crippen LogP contribution in [0, 0.1) is 0 Å². The van der Waals surface area contributed by atoms with Crippen molar-refractivity contribution >= 4 is 145 Å². The molecule has 4 fully saturated rings. The van der Waals surface area contributed by atoms with Gasteiger partial charge in [0.25, 0.3) is 0 Å². The SMILES string of the molecule is C[Si](C)O[Si]1O[Si]2(O[Si](C)C)O[Si]3(O[Si](C)C)O[Si](O)(O[Si](C)C)O[Si]4(O[Si](C)C)O[Si](O[Si](C)C)(O1)O[Si](O[Si](C)C)(O2)O[Si](O[Si](C)C)(O3)O4. The molecule has 4 atom stereocenters. The van der Waals surface area contributed by atoms with Crippen molar-refractivity contribution in [2.75, 3.05) is 0 Å². The third kappa shape index (κ3) is 12.6. The minimum absolute atomic E-state index is 1.55. The number of fused-ring (bicyclic) bond motifs is 4. The van der Waals surface area contributed by atoms with Crippen LogP contribution in [0.15, 0.2) is 0 Å². The number of hydrogen-bond donors (Lipinski definition) is 1. The maximum atomic E-state index is 12.5. The summed E-state index contributed by atoms with van der Waals surface area (Å²) >= 11 is 0. The summed E-state index contributed by atoms with van der Waals surface area (Å²) in [7, 11) is -51.4. The van der Waals surface area contributed by atoms with Gasteiger partial charge in [-0.25, -0.2) is 0 Å².